The van der Waals surface area contributed by atoms with Gasteiger partial charge < -0.3 is 15.5 Å². The highest BCUT2D eigenvalue weighted by atomic mass is 35.5. The number of hydrogen-bond acceptors (Lipinski definition) is 7. The van der Waals surface area contributed by atoms with E-state index in [4.69, 9.17) is 21.4 Å². The molecule has 0 atom stereocenters. The molecule has 0 radical (unpaired) electrons. The molecule has 0 saturated carbocycles. The van der Waals surface area contributed by atoms with Crippen LogP contribution >= 0.6 is 22.9 Å². The SMILES string of the molecule is CCc1c(C)nc(-c2ccc(Cl)s2)nc1Nc1ccc(C/C(=N/OC)NC=O)cc1. The van der Waals surface area contributed by atoms with Crippen LogP contribution in [0.15, 0.2) is 41.6 Å². The lowest BCUT2D eigenvalue weighted by Gasteiger charge is -2.14. The standard InChI is InChI=1S/C21H22ClN5O2S/c1-4-16-13(2)24-21(17-9-10-18(22)30-17)26-20(16)25-15-7-5-14(6-8-15)11-19(23-12-28)27-29-3/h5-10,12H,4,11H2,1-3H3,(H,23,27,28)(H,24,25,26). The maximum absolute atomic E-state index is 10.7. The Balaban J connectivity index is 1.84. The topological polar surface area (TPSA) is 88.5 Å². The molecule has 7 nitrogen and oxygen atoms in total. The van der Waals surface area contributed by atoms with Crippen molar-refractivity contribution in [3.05, 3.63) is 57.6 Å². The van der Waals surface area contributed by atoms with E-state index in [2.05, 4.69) is 27.7 Å². The van der Waals surface area contributed by atoms with Crippen LogP contribution in [-0.4, -0.2) is 29.3 Å². The van der Waals surface area contributed by atoms with Crippen molar-refractivity contribution in [2.45, 2.75) is 26.7 Å². The highest BCUT2D eigenvalue weighted by Crippen LogP contribution is 2.31. The number of oxime groups is 1. The van der Waals surface area contributed by atoms with Crippen molar-refractivity contribution >= 4 is 46.7 Å². The minimum absolute atomic E-state index is 0.437. The minimum atomic E-state index is 0.437. The van der Waals surface area contributed by atoms with E-state index >= 15 is 0 Å². The number of thiophene rings is 1. The first-order valence-electron chi connectivity index (χ1n) is 9.33. The van der Waals surface area contributed by atoms with E-state index in [-0.39, 0.29) is 0 Å². The predicted octanol–water partition coefficient (Wildman–Crippen LogP) is 4.72. The number of carbonyl (C=O) groups is 1. The van der Waals surface area contributed by atoms with Crippen molar-refractivity contribution in [3.63, 3.8) is 0 Å². The second-order valence-electron chi connectivity index (χ2n) is 6.40. The molecule has 0 saturated heterocycles. The summed E-state index contributed by atoms with van der Waals surface area (Å²) in [5, 5.41) is 9.75. The number of carbonyl (C=O) groups excluding carboxylic acids is 1. The van der Waals surface area contributed by atoms with Gasteiger partial charge in [-0.05, 0) is 43.2 Å². The second-order valence-corrected chi connectivity index (χ2v) is 8.11. The minimum Gasteiger partial charge on any atom is -0.398 e. The number of nitrogens with zero attached hydrogens (tertiary/aromatic N) is 3. The Bertz CT molecular complexity index is 1050. The van der Waals surface area contributed by atoms with Crippen molar-refractivity contribution in [1.82, 2.24) is 15.3 Å². The van der Waals surface area contributed by atoms with E-state index in [9.17, 15) is 4.79 Å². The van der Waals surface area contributed by atoms with Crippen molar-refractivity contribution in [1.29, 1.82) is 0 Å². The summed E-state index contributed by atoms with van der Waals surface area (Å²) in [6.07, 6.45) is 1.84. The Hall–Kier alpha value is -2.97. The van der Waals surface area contributed by atoms with Gasteiger partial charge in [-0.1, -0.05) is 35.8 Å². The number of anilines is 2. The summed E-state index contributed by atoms with van der Waals surface area (Å²) in [7, 11) is 1.44. The highest BCUT2D eigenvalue weighted by molar-refractivity contribution is 7.19. The van der Waals surface area contributed by atoms with Gasteiger partial charge in [-0.2, -0.15) is 0 Å². The first kappa shape index (κ1) is 21.7. The lowest BCUT2D eigenvalue weighted by atomic mass is 10.1. The zero-order valence-corrected chi connectivity index (χ0v) is 18.5. The average Bonchev–Trinajstić information content (AvgIpc) is 3.16. The average molecular weight is 444 g/mol. The zero-order valence-electron chi connectivity index (χ0n) is 16.9. The first-order valence-corrected chi connectivity index (χ1v) is 10.5. The number of nitrogens with one attached hydrogen (secondary N) is 2. The number of aromatic nitrogens is 2. The Labute approximate surface area is 184 Å². The number of amidine groups is 1. The molecule has 0 unspecified atom stereocenters. The molecule has 0 aliphatic heterocycles. The van der Waals surface area contributed by atoms with Gasteiger partial charge in [0.15, 0.2) is 11.7 Å². The maximum atomic E-state index is 10.7. The van der Waals surface area contributed by atoms with Gasteiger partial charge in [0, 0.05) is 23.4 Å². The van der Waals surface area contributed by atoms with Gasteiger partial charge in [0.25, 0.3) is 0 Å². The lowest BCUT2D eigenvalue weighted by molar-refractivity contribution is -0.108. The molecular formula is C21H22ClN5O2S. The molecule has 1 aromatic carbocycles. The number of benzene rings is 1. The summed E-state index contributed by atoms with van der Waals surface area (Å²) in [6, 6.07) is 11.6. The molecule has 2 aromatic heterocycles. The van der Waals surface area contributed by atoms with Crippen LogP contribution in [0.5, 0.6) is 0 Å². The molecule has 0 aliphatic carbocycles. The smallest absolute Gasteiger partial charge is 0.212 e. The molecule has 9 heteroatoms. The van der Waals surface area contributed by atoms with Crippen molar-refractivity contribution in [3.8, 4) is 10.7 Å². The van der Waals surface area contributed by atoms with E-state index in [0.717, 1.165) is 39.6 Å². The molecule has 1 amide bonds. The van der Waals surface area contributed by atoms with Gasteiger partial charge in [-0.25, -0.2) is 9.97 Å². The van der Waals surface area contributed by atoms with Crippen molar-refractivity contribution in [2.75, 3.05) is 12.4 Å². The van der Waals surface area contributed by atoms with Gasteiger partial charge in [0.2, 0.25) is 6.41 Å². The van der Waals surface area contributed by atoms with Crippen LogP contribution in [0, 0.1) is 6.92 Å². The van der Waals surface area contributed by atoms with Gasteiger partial charge in [0.1, 0.15) is 12.9 Å². The Morgan fingerprint density at radius 1 is 1.23 bits per heavy atom. The van der Waals surface area contributed by atoms with E-state index < -0.39 is 0 Å². The van der Waals surface area contributed by atoms with Crippen molar-refractivity contribution in [2.24, 2.45) is 5.16 Å². The van der Waals surface area contributed by atoms with E-state index in [1.807, 2.05) is 43.3 Å². The Morgan fingerprint density at radius 3 is 2.60 bits per heavy atom. The Morgan fingerprint density at radius 2 is 2.00 bits per heavy atom. The molecule has 156 valence electrons. The van der Waals surface area contributed by atoms with Gasteiger partial charge >= 0.3 is 0 Å². The van der Waals surface area contributed by atoms with Gasteiger partial charge in [0.05, 0.1) is 9.21 Å². The van der Waals surface area contributed by atoms with Crippen LogP contribution < -0.4 is 10.6 Å². The van der Waals surface area contributed by atoms with Gasteiger partial charge in [-0.15, -0.1) is 11.3 Å². The van der Waals surface area contributed by atoms with Crippen molar-refractivity contribution < 1.29 is 9.63 Å². The quantitative estimate of drug-likeness (QED) is 0.227. The first-order chi connectivity index (χ1) is 14.5. The largest absolute Gasteiger partial charge is 0.398 e. The highest BCUT2D eigenvalue weighted by Gasteiger charge is 2.13. The maximum Gasteiger partial charge on any atom is 0.212 e. The summed E-state index contributed by atoms with van der Waals surface area (Å²) in [6.45, 7) is 4.07. The molecule has 0 spiro atoms. The number of amides is 1. The molecule has 0 bridgehead atoms. The summed E-state index contributed by atoms with van der Waals surface area (Å²) in [5.74, 6) is 1.87. The molecule has 3 rings (SSSR count). The van der Waals surface area contributed by atoms with E-state index in [1.165, 1.54) is 18.4 Å². The van der Waals surface area contributed by atoms with Crippen LogP contribution in [0.4, 0.5) is 11.5 Å². The summed E-state index contributed by atoms with van der Waals surface area (Å²) >= 11 is 7.53. The fourth-order valence-corrected chi connectivity index (χ4v) is 3.97. The number of halogens is 1. The van der Waals surface area contributed by atoms with Gasteiger partial charge in [-0.3, -0.25) is 4.79 Å². The predicted molar refractivity (Wildman–Crippen MR) is 122 cm³/mol. The number of aryl methyl sites for hydroxylation is 1. The van der Waals surface area contributed by atoms with E-state index in [0.29, 0.717) is 28.8 Å². The second kappa shape index (κ2) is 10.2. The Kier molecular flexibility index (Phi) is 7.37. The normalized spacial score (nSPS) is 11.3. The molecule has 2 N–H and O–H groups in total. The van der Waals surface area contributed by atoms with Crippen LogP contribution in [-0.2, 0) is 22.5 Å². The van der Waals surface area contributed by atoms with Crippen LogP contribution in [0.25, 0.3) is 10.7 Å². The third-order valence-corrected chi connectivity index (χ3v) is 5.60. The molecular weight excluding hydrogens is 422 g/mol. The lowest BCUT2D eigenvalue weighted by Crippen LogP contribution is -2.24. The van der Waals surface area contributed by atoms with Crippen LogP contribution in [0.2, 0.25) is 4.34 Å². The third kappa shape index (κ3) is 5.34. The summed E-state index contributed by atoms with van der Waals surface area (Å²) < 4.78 is 0.705. The molecule has 0 aliphatic rings. The molecule has 30 heavy (non-hydrogen) atoms. The van der Waals surface area contributed by atoms with Crippen LogP contribution in [0.1, 0.15) is 23.7 Å². The molecule has 0 fully saturated rings. The third-order valence-electron chi connectivity index (χ3n) is 4.38. The zero-order chi connectivity index (χ0) is 21.5. The van der Waals surface area contributed by atoms with Crippen LogP contribution in [0.3, 0.4) is 0 Å². The monoisotopic (exact) mass is 443 g/mol. The summed E-state index contributed by atoms with van der Waals surface area (Å²) in [5.41, 5.74) is 3.88. The molecule has 2 heterocycles. The molecule has 3 aromatic rings. The number of rotatable bonds is 8. The van der Waals surface area contributed by atoms with E-state index in [1.54, 1.807) is 0 Å². The summed E-state index contributed by atoms with van der Waals surface area (Å²) in [4.78, 5) is 25.8. The fraction of sp³-hybridized carbons (Fsp3) is 0.238. The fourth-order valence-electron chi connectivity index (χ4n) is 2.99. The number of hydrogen-bond donors (Lipinski definition) is 2.